The highest BCUT2D eigenvalue weighted by atomic mass is 19.1. The molecule has 0 bridgehead atoms. The number of hydrogen-bond donors (Lipinski definition) is 2. The van der Waals surface area contributed by atoms with Gasteiger partial charge in [0, 0.05) is 12.1 Å². The van der Waals surface area contributed by atoms with E-state index in [1.54, 1.807) is 0 Å². The molecule has 0 fully saturated rings. The maximum absolute atomic E-state index is 12.7. The van der Waals surface area contributed by atoms with Crippen molar-refractivity contribution in [3.63, 3.8) is 0 Å². The molecule has 0 heterocycles. The smallest absolute Gasteiger partial charge is 0.223 e. The van der Waals surface area contributed by atoms with E-state index < -0.39 is 0 Å². The number of rotatable bonds is 8. The highest BCUT2D eigenvalue weighted by Gasteiger charge is 2.20. The Hall–Kier alpha value is -1.62. The second kappa shape index (κ2) is 7.85. The SMILES string of the molecule is CCC(N)(CC)CNC(=O)CCOc1ccc(F)cc1. The molecule has 0 atom stereocenters. The molecule has 0 saturated carbocycles. The van der Waals surface area contributed by atoms with Crippen LogP contribution in [0.1, 0.15) is 33.1 Å². The van der Waals surface area contributed by atoms with Crippen molar-refractivity contribution >= 4 is 5.91 Å². The van der Waals surface area contributed by atoms with E-state index in [1.807, 2.05) is 13.8 Å². The van der Waals surface area contributed by atoms with E-state index in [1.165, 1.54) is 24.3 Å². The third-order valence-corrected chi connectivity index (χ3v) is 3.46. The molecular formula is C15H23FN2O2. The fourth-order valence-electron chi connectivity index (χ4n) is 1.66. The van der Waals surface area contributed by atoms with Crippen molar-refractivity contribution in [3.8, 4) is 5.75 Å². The monoisotopic (exact) mass is 282 g/mol. The number of nitrogens with two attached hydrogens (primary N) is 1. The van der Waals surface area contributed by atoms with Crippen LogP contribution in [-0.2, 0) is 4.79 Å². The van der Waals surface area contributed by atoms with Gasteiger partial charge in [0.05, 0.1) is 13.0 Å². The molecule has 1 aromatic rings. The zero-order valence-corrected chi connectivity index (χ0v) is 12.1. The molecule has 3 N–H and O–H groups in total. The molecule has 0 aliphatic carbocycles. The predicted molar refractivity (Wildman–Crippen MR) is 77.0 cm³/mol. The zero-order chi connectivity index (χ0) is 15.0. The normalized spacial score (nSPS) is 11.2. The Morgan fingerprint density at radius 1 is 1.30 bits per heavy atom. The van der Waals surface area contributed by atoms with Crippen LogP contribution in [0.5, 0.6) is 5.75 Å². The molecule has 1 amide bonds. The number of hydrogen-bond acceptors (Lipinski definition) is 3. The Bertz CT molecular complexity index is 416. The van der Waals surface area contributed by atoms with Crippen LogP contribution in [0.4, 0.5) is 4.39 Å². The molecule has 20 heavy (non-hydrogen) atoms. The summed E-state index contributed by atoms with van der Waals surface area (Å²) in [6.07, 6.45) is 1.88. The molecule has 0 aliphatic heterocycles. The van der Waals surface area contributed by atoms with Crippen LogP contribution in [0.3, 0.4) is 0 Å². The van der Waals surface area contributed by atoms with Crippen molar-refractivity contribution in [3.05, 3.63) is 30.1 Å². The van der Waals surface area contributed by atoms with Crippen molar-refractivity contribution in [1.82, 2.24) is 5.32 Å². The van der Waals surface area contributed by atoms with Gasteiger partial charge < -0.3 is 15.8 Å². The Kier molecular flexibility index (Phi) is 6.45. The van der Waals surface area contributed by atoms with Gasteiger partial charge in [-0.05, 0) is 37.1 Å². The number of amides is 1. The first-order chi connectivity index (χ1) is 9.49. The first kappa shape index (κ1) is 16.4. The van der Waals surface area contributed by atoms with E-state index in [2.05, 4.69) is 5.32 Å². The fraction of sp³-hybridized carbons (Fsp3) is 0.533. The fourth-order valence-corrected chi connectivity index (χ4v) is 1.66. The number of halogens is 1. The first-order valence-corrected chi connectivity index (χ1v) is 6.93. The molecule has 4 nitrogen and oxygen atoms in total. The minimum atomic E-state index is -0.340. The van der Waals surface area contributed by atoms with Gasteiger partial charge in [0.25, 0.3) is 0 Å². The lowest BCUT2D eigenvalue weighted by atomic mass is 9.94. The summed E-state index contributed by atoms with van der Waals surface area (Å²) in [4.78, 5) is 11.7. The average molecular weight is 282 g/mol. The Morgan fingerprint density at radius 2 is 1.90 bits per heavy atom. The number of ether oxygens (including phenoxy) is 1. The summed E-state index contributed by atoms with van der Waals surface area (Å²) in [7, 11) is 0. The molecule has 0 spiro atoms. The Labute approximate surface area is 119 Å². The minimum Gasteiger partial charge on any atom is -0.493 e. The van der Waals surface area contributed by atoms with E-state index in [0.717, 1.165) is 12.8 Å². The molecule has 112 valence electrons. The number of carbonyl (C=O) groups excluding carboxylic acids is 1. The van der Waals surface area contributed by atoms with E-state index >= 15 is 0 Å². The molecule has 0 aliphatic rings. The van der Waals surface area contributed by atoms with E-state index in [0.29, 0.717) is 12.3 Å². The average Bonchev–Trinajstić information content (AvgIpc) is 2.47. The van der Waals surface area contributed by atoms with Crippen LogP contribution < -0.4 is 15.8 Å². The van der Waals surface area contributed by atoms with Gasteiger partial charge in [-0.25, -0.2) is 4.39 Å². The number of carbonyl (C=O) groups is 1. The first-order valence-electron chi connectivity index (χ1n) is 6.93. The molecule has 0 unspecified atom stereocenters. The van der Waals surface area contributed by atoms with Gasteiger partial charge in [-0.3, -0.25) is 4.79 Å². The third-order valence-electron chi connectivity index (χ3n) is 3.46. The van der Waals surface area contributed by atoms with Crippen LogP contribution in [0.15, 0.2) is 24.3 Å². The number of benzene rings is 1. The molecule has 5 heteroatoms. The zero-order valence-electron chi connectivity index (χ0n) is 12.1. The van der Waals surface area contributed by atoms with Gasteiger partial charge in [-0.2, -0.15) is 0 Å². The third kappa shape index (κ3) is 5.57. The summed E-state index contributed by atoms with van der Waals surface area (Å²) in [6.45, 7) is 4.74. The molecular weight excluding hydrogens is 259 g/mol. The van der Waals surface area contributed by atoms with Gasteiger partial charge in [0.2, 0.25) is 5.91 Å². The minimum absolute atomic E-state index is 0.0937. The van der Waals surface area contributed by atoms with Gasteiger partial charge in [0.15, 0.2) is 0 Å². The standard InChI is InChI=1S/C15H23FN2O2/c1-3-15(17,4-2)11-18-14(19)9-10-20-13-7-5-12(16)6-8-13/h5-8H,3-4,9-11,17H2,1-2H3,(H,18,19). The van der Waals surface area contributed by atoms with E-state index in [9.17, 15) is 9.18 Å². The highest BCUT2D eigenvalue weighted by molar-refractivity contribution is 5.76. The van der Waals surface area contributed by atoms with Crippen LogP contribution in [-0.4, -0.2) is 24.6 Å². The summed E-state index contributed by atoms with van der Waals surface area (Å²) in [5.41, 5.74) is 5.76. The van der Waals surface area contributed by atoms with Gasteiger partial charge in [0.1, 0.15) is 11.6 Å². The van der Waals surface area contributed by atoms with Crippen molar-refractivity contribution in [1.29, 1.82) is 0 Å². The Balaban J connectivity index is 2.25. The Morgan fingerprint density at radius 3 is 2.45 bits per heavy atom. The number of nitrogens with one attached hydrogen (secondary N) is 1. The molecule has 0 radical (unpaired) electrons. The maximum Gasteiger partial charge on any atom is 0.223 e. The molecule has 1 rings (SSSR count). The van der Waals surface area contributed by atoms with Crippen molar-refractivity contribution in [2.75, 3.05) is 13.2 Å². The lowest BCUT2D eigenvalue weighted by Gasteiger charge is -2.26. The van der Waals surface area contributed by atoms with E-state index in [4.69, 9.17) is 10.5 Å². The summed E-state index contributed by atoms with van der Waals surface area (Å²) >= 11 is 0. The predicted octanol–water partition coefficient (Wildman–Crippen LogP) is 2.23. The molecule has 0 aromatic heterocycles. The van der Waals surface area contributed by atoms with Gasteiger partial charge in [-0.1, -0.05) is 13.8 Å². The quantitative estimate of drug-likeness (QED) is 0.768. The van der Waals surface area contributed by atoms with Crippen LogP contribution in [0.2, 0.25) is 0 Å². The summed E-state index contributed by atoms with van der Waals surface area (Å²) in [6, 6.07) is 5.71. The van der Waals surface area contributed by atoms with Gasteiger partial charge in [-0.15, -0.1) is 0 Å². The topological polar surface area (TPSA) is 64.3 Å². The van der Waals surface area contributed by atoms with Crippen LogP contribution >= 0.6 is 0 Å². The largest absolute Gasteiger partial charge is 0.493 e. The lowest BCUT2D eigenvalue weighted by molar-refractivity contribution is -0.121. The van der Waals surface area contributed by atoms with Crippen LogP contribution in [0.25, 0.3) is 0 Å². The van der Waals surface area contributed by atoms with Crippen LogP contribution in [0, 0.1) is 5.82 Å². The van der Waals surface area contributed by atoms with Crippen molar-refractivity contribution < 1.29 is 13.9 Å². The maximum atomic E-state index is 12.7. The lowest BCUT2D eigenvalue weighted by Crippen LogP contribution is -2.49. The second-order valence-electron chi connectivity index (χ2n) is 4.90. The second-order valence-corrected chi connectivity index (χ2v) is 4.90. The highest BCUT2D eigenvalue weighted by Crippen LogP contribution is 2.11. The molecule has 0 saturated heterocycles. The summed E-state index contributed by atoms with van der Waals surface area (Å²) < 4.78 is 18.0. The van der Waals surface area contributed by atoms with Crippen molar-refractivity contribution in [2.45, 2.75) is 38.6 Å². The van der Waals surface area contributed by atoms with Crippen molar-refractivity contribution in [2.24, 2.45) is 5.73 Å². The molecule has 1 aromatic carbocycles. The summed E-state index contributed by atoms with van der Waals surface area (Å²) in [5, 5.41) is 2.82. The van der Waals surface area contributed by atoms with Gasteiger partial charge >= 0.3 is 0 Å². The summed E-state index contributed by atoms with van der Waals surface area (Å²) in [5.74, 6) is 0.145. The van der Waals surface area contributed by atoms with E-state index in [-0.39, 0.29) is 30.3 Å².